The summed E-state index contributed by atoms with van der Waals surface area (Å²) in [4.78, 5) is 0. The maximum absolute atomic E-state index is 9.09. The SMILES string of the molecule is CC1(C)CCC(Nc2cc(Cl)ccc2C#N)CC1. The van der Waals surface area contributed by atoms with E-state index in [9.17, 15) is 0 Å². The van der Waals surface area contributed by atoms with Gasteiger partial charge in [0, 0.05) is 11.1 Å². The van der Waals surface area contributed by atoms with Crippen molar-refractivity contribution in [3.63, 3.8) is 0 Å². The molecule has 0 saturated heterocycles. The summed E-state index contributed by atoms with van der Waals surface area (Å²) in [6.45, 7) is 4.65. The van der Waals surface area contributed by atoms with Gasteiger partial charge in [0.25, 0.3) is 0 Å². The third-order valence-electron chi connectivity index (χ3n) is 3.80. The molecular formula is C15H19ClN2. The largest absolute Gasteiger partial charge is 0.381 e. The second-order valence-corrected chi connectivity index (χ2v) is 6.32. The van der Waals surface area contributed by atoms with Crippen LogP contribution in [0, 0.1) is 16.7 Å². The predicted octanol–water partition coefficient (Wildman–Crippen LogP) is 4.59. The van der Waals surface area contributed by atoms with Crippen molar-refractivity contribution in [1.29, 1.82) is 5.26 Å². The lowest BCUT2D eigenvalue weighted by Crippen LogP contribution is -2.30. The van der Waals surface area contributed by atoms with Gasteiger partial charge in [-0.15, -0.1) is 0 Å². The van der Waals surface area contributed by atoms with Crippen LogP contribution in [0.3, 0.4) is 0 Å². The highest BCUT2D eigenvalue weighted by Gasteiger charge is 2.26. The highest BCUT2D eigenvalue weighted by molar-refractivity contribution is 6.30. The maximum Gasteiger partial charge on any atom is 0.101 e. The molecule has 0 atom stereocenters. The predicted molar refractivity (Wildman–Crippen MR) is 75.8 cm³/mol. The Morgan fingerprint density at radius 3 is 2.61 bits per heavy atom. The number of nitriles is 1. The van der Waals surface area contributed by atoms with Crippen molar-refractivity contribution < 1.29 is 0 Å². The normalized spacial score (nSPS) is 19.2. The molecule has 96 valence electrons. The minimum Gasteiger partial charge on any atom is -0.381 e. The van der Waals surface area contributed by atoms with Crippen LogP contribution in [0.4, 0.5) is 5.69 Å². The molecule has 1 saturated carbocycles. The van der Waals surface area contributed by atoms with E-state index in [1.54, 1.807) is 12.1 Å². The molecule has 0 aromatic heterocycles. The summed E-state index contributed by atoms with van der Waals surface area (Å²) >= 11 is 5.99. The summed E-state index contributed by atoms with van der Waals surface area (Å²) in [5.41, 5.74) is 2.00. The zero-order chi connectivity index (χ0) is 13.2. The minimum absolute atomic E-state index is 0.462. The molecule has 0 bridgehead atoms. The van der Waals surface area contributed by atoms with Crippen molar-refractivity contribution in [2.75, 3.05) is 5.32 Å². The van der Waals surface area contributed by atoms with Gasteiger partial charge in [-0.1, -0.05) is 25.4 Å². The molecule has 2 nitrogen and oxygen atoms in total. The number of rotatable bonds is 2. The van der Waals surface area contributed by atoms with Gasteiger partial charge in [0.05, 0.1) is 11.3 Å². The van der Waals surface area contributed by atoms with E-state index in [4.69, 9.17) is 16.9 Å². The number of nitrogens with one attached hydrogen (secondary N) is 1. The lowest BCUT2D eigenvalue weighted by atomic mass is 9.75. The number of nitrogens with zero attached hydrogens (tertiary/aromatic N) is 1. The smallest absolute Gasteiger partial charge is 0.101 e. The number of anilines is 1. The lowest BCUT2D eigenvalue weighted by molar-refractivity contribution is 0.232. The molecule has 1 aromatic carbocycles. The molecule has 0 aliphatic heterocycles. The van der Waals surface area contributed by atoms with E-state index in [-0.39, 0.29) is 0 Å². The van der Waals surface area contributed by atoms with Crippen molar-refractivity contribution in [1.82, 2.24) is 0 Å². The monoisotopic (exact) mass is 262 g/mol. The Labute approximate surface area is 114 Å². The first kappa shape index (κ1) is 13.2. The lowest BCUT2D eigenvalue weighted by Gasteiger charge is -2.35. The van der Waals surface area contributed by atoms with Gasteiger partial charge in [-0.05, 0) is 49.3 Å². The average molecular weight is 263 g/mol. The molecule has 0 spiro atoms. The Kier molecular flexibility index (Phi) is 3.82. The molecule has 0 amide bonds. The third-order valence-corrected chi connectivity index (χ3v) is 4.04. The van der Waals surface area contributed by atoms with E-state index in [1.165, 1.54) is 12.8 Å². The van der Waals surface area contributed by atoms with Gasteiger partial charge in [0.15, 0.2) is 0 Å². The number of benzene rings is 1. The number of halogens is 1. The molecule has 1 aliphatic rings. The fraction of sp³-hybridized carbons (Fsp3) is 0.533. The molecule has 0 heterocycles. The minimum atomic E-state index is 0.462. The van der Waals surface area contributed by atoms with Crippen molar-refractivity contribution in [3.05, 3.63) is 28.8 Å². The second-order valence-electron chi connectivity index (χ2n) is 5.88. The zero-order valence-electron chi connectivity index (χ0n) is 11.0. The van der Waals surface area contributed by atoms with Crippen LogP contribution in [0.5, 0.6) is 0 Å². The first-order valence-electron chi connectivity index (χ1n) is 6.46. The van der Waals surface area contributed by atoms with Crippen LogP contribution in [-0.4, -0.2) is 6.04 Å². The van der Waals surface area contributed by atoms with Crippen molar-refractivity contribution in [3.8, 4) is 6.07 Å². The van der Waals surface area contributed by atoms with Crippen LogP contribution in [-0.2, 0) is 0 Å². The number of hydrogen-bond donors (Lipinski definition) is 1. The summed E-state index contributed by atoms with van der Waals surface area (Å²) in [6, 6.07) is 8.05. The molecule has 0 radical (unpaired) electrons. The van der Waals surface area contributed by atoms with E-state index in [2.05, 4.69) is 25.2 Å². The fourth-order valence-electron chi connectivity index (χ4n) is 2.50. The topological polar surface area (TPSA) is 35.8 Å². The van der Waals surface area contributed by atoms with E-state index in [0.717, 1.165) is 18.5 Å². The Hall–Kier alpha value is -1.20. The molecule has 1 N–H and O–H groups in total. The van der Waals surface area contributed by atoms with Gasteiger partial charge in [-0.3, -0.25) is 0 Å². The quantitative estimate of drug-likeness (QED) is 0.846. The highest BCUT2D eigenvalue weighted by atomic mass is 35.5. The second kappa shape index (κ2) is 5.20. The van der Waals surface area contributed by atoms with Crippen LogP contribution >= 0.6 is 11.6 Å². The number of hydrogen-bond acceptors (Lipinski definition) is 2. The van der Waals surface area contributed by atoms with Crippen molar-refractivity contribution in [2.24, 2.45) is 5.41 Å². The van der Waals surface area contributed by atoms with Gasteiger partial charge in [-0.25, -0.2) is 0 Å². The molecule has 3 heteroatoms. The van der Waals surface area contributed by atoms with Gasteiger partial charge >= 0.3 is 0 Å². The van der Waals surface area contributed by atoms with Crippen LogP contribution in [0.15, 0.2) is 18.2 Å². The summed E-state index contributed by atoms with van der Waals surface area (Å²) in [7, 11) is 0. The molecular weight excluding hydrogens is 244 g/mol. The highest BCUT2D eigenvalue weighted by Crippen LogP contribution is 2.36. The Morgan fingerprint density at radius 1 is 1.33 bits per heavy atom. The molecule has 18 heavy (non-hydrogen) atoms. The van der Waals surface area contributed by atoms with Crippen LogP contribution in [0.2, 0.25) is 5.02 Å². The average Bonchev–Trinajstić information content (AvgIpc) is 2.32. The molecule has 0 unspecified atom stereocenters. The van der Waals surface area contributed by atoms with E-state index in [0.29, 0.717) is 22.0 Å². The van der Waals surface area contributed by atoms with Crippen molar-refractivity contribution in [2.45, 2.75) is 45.6 Å². The summed E-state index contributed by atoms with van der Waals surface area (Å²) in [5.74, 6) is 0. The van der Waals surface area contributed by atoms with E-state index >= 15 is 0 Å². The molecule has 1 aliphatic carbocycles. The summed E-state index contributed by atoms with van der Waals surface area (Å²) < 4.78 is 0. The van der Waals surface area contributed by atoms with Crippen LogP contribution < -0.4 is 5.32 Å². The van der Waals surface area contributed by atoms with E-state index < -0.39 is 0 Å². The first-order valence-corrected chi connectivity index (χ1v) is 6.84. The van der Waals surface area contributed by atoms with Gasteiger partial charge in [-0.2, -0.15) is 5.26 Å². The Morgan fingerprint density at radius 2 is 2.00 bits per heavy atom. The van der Waals surface area contributed by atoms with Crippen LogP contribution in [0.1, 0.15) is 45.1 Å². The maximum atomic E-state index is 9.09. The third kappa shape index (κ3) is 3.17. The molecule has 2 rings (SSSR count). The first-order chi connectivity index (χ1) is 8.50. The molecule has 1 aromatic rings. The Balaban J connectivity index is 2.07. The standard InChI is InChI=1S/C15H19ClN2/c1-15(2)7-5-13(6-8-15)18-14-9-12(16)4-3-11(14)10-17/h3-4,9,13,18H,5-8H2,1-2H3. The Bertz CT molecular complexity index is 464. The van der Waals surface area contributed by atoms with Gasteiger partial charge in [0.1, 0.15) is 6.07 Å². The van der Waals surface area contributed by atoms with Gasteiger partial charge in [0.2, 0.25) is 0 Å². The van der Waals surface area contributed by atoms with Crippen molar-refractivity contribution >= 4 is 17.3 Å². The van der Waals surface area contributed by atoms with E-state index in [1.807, 2.05) is 6.07 Å². The summed E-state index contributed by atoms with van der Waals surface area (Å²) in [5, 5.41) is 13.2. The fourth-order valence-corrected chi connectivity index (χ4v) is 2.67. The van der Waals surface area contributed by atoms with Gasteiger partial charge < -0.3 is 5.32 Å². The molecule has 1 fully saturated rings. The van der Waals surface area contributed by atoms with Crippen LogP contribution in [0.25, 0.3) is 0 Å². The zero-order valence-corrected chi connectivity index (χ0v) is 11.7. The summed E-state index contributed by atoms with van der Waals surface area (Å²) in [6.07, 6.45) is 4.77.